The largest absolute Gasteiger partial charge is 0.356 e. The lowest BCUT2D eigenvalue weighted by Crippen LogP contribution is -2.45. The summed E-state index contributed by atoms with van der Waals surface area (Å²) in [4.78, 5) is 39.3. The Bertz CT molecular complexity index is 913. The minimum Gasteiger partial charge on any atom is -0.356 e. The molecule has 0 radical (unpaired) electrons. The second kappa shape index (κ2) is 11.0. The quantitative estimate of drug-likeness (QED) is 0.626. The van der Waals surface area contributed by atoms with Gasteiger partial charge in [-0.25, -0.2) is 0 Å². The van der Waals surface area contributed by atoms with Crippen molar-refractivity contribution in [3.05, 3.63) is 64.7 Å². The second-order valence-electron chi connectivity index (χ2n) is 7.77. The fourth-order valence-electron chi connectivity index (χ4n) is 3.59. The lowest BCUT2D eigenvalue weighted by molar-refractivity contribution is -0.126. The molecular formula is C24H28ClN3O3. The Kier molecular flexibility index (Phi) is 8.06. The lowest BCUT2D eigenvalue weighted by atomic mass is 9.96. The van der Waals surface area contributed by atoms with Crippen LogP contribution in [-0.2, 0) is 4.79 Å². The predicted molar refractivity (Wildman–Crippen MR) is 122 cm³/mol. The molecule has 164 valence electrons. The molecular weight excluding hydrogens is 414 g/mol. The van der Waals surface area contributed by atoms with Crippen LogP contribution in [0.25, 0.3) is 0 Å². The minimum atomic E-state index is -0.247. The third-order valence-electron chi connectivity index (χ3n) is 5.41. The van der Waals surface area contributed by atoms with Gasteiger partial charge in [-0.1, -0.05) is 24.9 Å². The molecule has 2 N–H and O–H groups in total. The summed E-state index contributed by atoms with van der Waals surface area (Å²) in [6.45, 7) is 3.85. The zero-order valence-electron chi connectivity index (χ0n) is 17.7. The van der Waals surface area contributed by atoms with Gasteiger partial charge in [0.2, 0.25) is 5.91 Å². The van der Waals surface area contributed by atoms with Crippen LogP contribution in [0, 0.1) is 5.92 Å². The standard InChI is InChI=1S/C24H28ClN3O3/c1-2-3-14-26-22(29)19-5-4-15-28(16-19)24(31)18-8-12-21(13-9-18)27-23(30)17-6-10-20(25)11-7-17/h6-13,19H,2-5,14-16H2,1H3,(H,26,29)(H,27,30)/t19-/m0/s1. The van der Waals surface area contributed by atoms with Crippen molar-refractivity contribution in [3.8, 4) is 0 Å². The number of rotatable bonds is 7. The highest BCUT2D eigenvalue weighted by atomic mass is 35.5. The molecule has 0 bridgehead atoms. The van der Waals surface area contributed by atoms with Gasteiger partial charge in [0, 0.05) is 41.5 Å². The van der Waals surface area contributed by atoms with Gasteiger partial charge in [-0.3, -0.25) is 14.4 Å². The van der Waals surface area contributed by atoms with Crippen LogP contribution in [0.5, 0.6) is 0 Å². The molecule has 1 atom stereocenters. The zero-order chi connectivity index (χ0) is 22.2. The maximum Gasteiger partial charge on any atom is 0.255 e. The highest BCUT2D eigenvalue weighted by molar-refractivity contribution is 6.30. The molecule has 0 unspecified atom stereocenters. The number of halogens is 1. The smallest absolute Gasteiger partial charge is 0.255 e. The van der Waals surface area contributed by atoms with Crippen LogP contribution >= 0.6 is 11.6 Å². The van der Waals surface area contributed by atoms with Crippen LogP contribution in [0.4, 0.5) is 5.69 Å². The molecule has 3 rings (SSSR count). The number of carbonyl (C=O) groups excluding carboxylic acids is 3. The van der Waals surface area contributed by atoms with Crippen molar-refractivity contribution in [2.75, 3.05) is 25.0 Å². The molecule has 2 aromatic rings. The van der Waals surface area contributed by atoms with Gasteiger partial charge in [0.05, 0.1) is 5.92 Å². The lowest BCUT2D eigenvalue weighted by Gasteiger charge is -2.32. The third kappa shape index (κ3) is 6.31. The van der Waals surface area contributed by atoms with E-state index < -0.39 is 0 Å². The summed E-state index contributed by atoms with van der Waals surface area (Å²) in [5.74, 6) is -0.468. The SMILES string of the molecule is CCCCNC(=O)[C@H]1CCCN(C(=O)c2ccc(NC(=O)c3ccc(Cl)cc3)cc2)C1. The normalized spacial score (nSPS) is 15.9. The van der Waals surface area contributed by atoms with Gasteiger partial charge < -0.3 is 15.5 Å². The minimum absolute atomic E-state index is 0.0335. The van der Waals surface area contributed by atoms with Gasteiger partial charge in [0.1, 0.15) is 0 Å². The van der Waals surface area contributed by atoms with Crippen molar-refractivity contribution in [1.29, 1.82) is 0 Å². The van der Waals surface area contributed by atoms with Crippen molar-refractivity contribution < 1.29 is 14.4 Å². The van der Waals surface area contributed by atoms with E-state index in [1.165, 1.54) is 0 Å². The number of unbranched alkanes of at least 4 members (excludes halogenated alkanes) is 1. The average molecular weight is 442 g/mol. The van der Waals surface area contributed by atoms with Crippen molar-refractivity contribution >= 4 is 35.0 Å². The molecule has 0 aromatic heterocycles. The number of amides is 3. The summed E-state index contributed by atoms with van der Waals surface area (Å²) >= 11 is 5.85. The number of likely N-dealkylation sites (tertiary alicyclic amines) is 1. The molecule has 1 heterocycles. The van der Waals surface area contributed by atoms with Crippen LogP contribution in [-0.4, -0.2) is 42.3 Å². The van der Waals surface area contributed by atoms with Crippen molar-refractivity contribution in [2.45, 2.75) is 32.6 Å². The Morgan fingerprint density at radius 1 is 1.03 bits per heavy atom. The number of piperidine rings is 1. The fourth-order valence-corrected chi connectivity index (χ4v) is 3.72. The Morgan fingerprint density at radius 2 is 1.71 bits per heavy atom. The van der Waals surface area contributed by atoms with E-state index in [0.29, 0.717) is 41.5 Å². The van der Waals surface area contributed by atoms with Gasteiger partial charge in [0.15, 0.2) is 0 Å². The fraction of sp³-hybridized carbons (Fsp3) is 0.375. The number of anilines is 1. The van der Waals surface area contributed by atoms with Crippen molar-refractivity contribution in [2.24, 2.45) is 5.92 Å². The highest BCUT2D eigenvalue weighted by Gasteiger charge is 2.28. The second-order valence-corrected chi connectivity index (χ2v) is 8.21. The molecule has 1 aliphatic heterocycles. The maximum absolute atomic E-state index is 12.9. The third-order valence-corrected chi connectivity index (χ3v) is 5.66. The van der Waals surface area contributed by atoms with E-state index >= 15 is 0 Å². The highest BCUT2D eigenvalue weighted by Crippen LogP contribution is 2.20. The van der Waals surface area contributed by atoms with Crippen LogP contribution in [0.1, 0.15) is 53.3 Å². The van der Waals surface area contributed by atoms with E-state index in [1.54, 1.807) is 53.4 Å². The summed E-state index contributed by atoms with van der Waals surface area (Å²) < 4.78 is 0. The molecule has 1 fully saturated rings. The average Bonchev–Trinajstić information content (AvgIpc) is 2.79. The number of hydrogen-bond donors (Lipinski definition) is 2. The van der Waals surface area contributed by atoms with Crippen LogP contribution in [0.15, 0.2) is 48.5 Å². The van der Waals surface area contributed by atoms with Gasteiger partial charge in [-0.05, 0) is 67.8 Å². The van der Waals surface area contributed by atoms with Gasteiger partial charge in [-0.15, -0.1) is 0 Å². The van der Waals surface area contributed by atoms with Gasteiger partial charge in [0.25, 0.3) is 11.8 Å². The summed E-state index contributed by atoms with van der Waals surface area (Å²) in [7, 11) is 0. The number of nitrogens with zero attached hydrogens (tertiary/aromatic N) is 1. The predicted octanol–water partition coefficient (Wildman–Crippen LogP) is 4.36. The van der Waals surface area contributed by atoms with Crippen LogP contribution in [0.2, 0.25) is 5.02 Å². The summed E-state index contributed by atoms with van der Waals surface area (Å²) in [5, 5.41) is 6.35. The molecule has 0 saturated carbocycles. The molecule has 0 spiro atoms. The molecule has 2 aromatic carbocycles. The first-order valence-electron chi connectivity index (χ1n) is 10.7. The van der Waals surface area contributed by atoms with E-state index in [1.807, 2.05) is 0 Å². The Balaban J connectivity index is 1.57. The summed E-state index contributed by atoms with van der Waals surface area (Å²) in [6.07, 6.45) is 3.61. The van der Waals surface area contributed by atoms with Crippen LogP contribution in [0.3, 0.4) is 0 Å². The van der Waals surface area contributed by atoms with E-state index in [9.17, 15) is 14.4 Å². The maximum atomic E-state index is 12.9. The van der Waals surface area contributed by atoms with Crippen LogP contribution < -0.4 is 10.6 Å². The molecule has 1 saturated heterocycles. The summed E-state index contributed by atoms with van der Waals surface area (Å²) in [6, 6.07) is 13.4. The molecule has 6 nitrogen and oxygen atoms in total. The van der Waals surface area contributed by atoms with E-state index in [4.69, 9.17) is 11.6 Å². The van der Waals surface area contributed by atoms with E-state index in [2.05, 4.69) is 17.6 Å². The Labute approximate surface area is 188 Å². The Hall–Kier alpha value is -2.86. The van der Waals surface area contributed by atoms with Gasteiger partial charge >= 0.3 is 0 Å². The molecule has 3 amide bonds. The number of carbonyl (C=O) groups is 3. The van der Waals surface area contributed by atoms with Gasteiger partial charge in [-0.2, -0.15) is 0 Å². The monoisotopic (exact) mass is 441 g/mol. The molecule has 1 aliphatic rings. The number of benzene rings is 2. The zero-order valence-corrected chi connectivity index (χ0v) is 18.5. The molecule has 7 heteroatoms. The molecule has 31 heavy (non-hydrogen) atoms. The van der Waals surface area contributed by atoms with Crippen molar-refractivity contribution in [3.63, 3.8) is 0 Å². The first-order valence-corrected chi connectivity index (χ1v) is 11.1. The Morgan fingerprint density at radius 3 is 2.39 bits per heavy atom. The van der Waals surface area contributed by atoms with E-state index in [0.717, 1.165) is 25.7 Å². The molecule has 0 aliphatic carbocycles. The van der Waals surface area contributed by atoms with Crippen molar-refractivity contribution in [1.82, 2.24) is 10.2 Å². The first-order chi connectivity index (χ1) is 15.0. The summed E-state index contributed by atoms with van der Waals surface area (Å²) in [5.41, 5.74) is 1.64. The first kappa shape index (κ1) is 22.8. The topological polar surface area (TPSA) is 78.5 Å². The number of nitrogens with one attached hydrogen (secondary N) is 2. The van der Waals surface area contributed by atoms with E-state index in [-0.39, 0.29) is 23.6 Å². The number of hydrogen-bond acceptors (Lipinski definition) is 3.